The summed E-state index contributed by atoms with van der Waals surface area (Å²) in [5.74, 6) is -0.328. The Morgan fingerprint density at radius 1 is 1.43 bits per heavy atom. The summed E-state index contributed by atoms with van der Waals surface area (Å²) in [5, 5.41) is 21.1. The zero-order valence-electron chi connectivity index (χ0n) is 10.5. The third-order valence-corrected chi connectivity index (χ3v) is 5.44. The number of phosphoric ester groups is 1. The molecule has 21 heavy (non-hydrogen) atoms. The fourth-order valence-electron chi connectivity index (χ4n) is 1.99. The molecule has 1 saturated heterocycles. The average Bonchev–Trinajstić information content (AvgIpc) is 2.64. The van der Waals surface area contributed by atoms with E-state index in [4.69, 9.17) is 9.79 Å². The minimum Gasteiger partial charge on any atom is -0.389 e. The molecular weight excluding hydrogens is 343 g/mol. The maximum absolute atomic E-state index is 11.2. The van der Waals surface area contributed by atoms with Gasteiger partial charge in [0.2, 0.25) is 5.91 Å². The Labute approximate surface area is 130 Å². The van der Waals surface area contributed by atoms with Crippen LogP contribution in [0.3, 0.4) is 0 Å². The zero-order chi connectivity index (χ0) is 15.8. The van der Waals surface area contributed by atoms with E-state index in [1.807, 2.05) is 0 Å². The highest BCUT2D eigenvalue weighted by atomic mass is 32.2. The summed E-state index contributed by atoms with van der Waals surface area (Å²) in [6.07, 6.45) is 0.287. The molecule has 120 valence electrons. The first-order valence-corrected chi connectivity index (χ1v) is 8.84. The molecule has 0 aromatic heterocycles. The van der Waals surface area contributed by atoms with Gasteiger partial charge in [0.05, 0.1) is 18.0 Å². The highest BCUT2D eigenvalue weighted by Crippen LogP contribution is 2.42. The van der Waals surface area contributed by atoms with E-state index in [0.717, 1.165) is 11.8 Å². The number of nitrogens with zero attached hydrogens (tertiary/aromatic N) is 1. The maximum Gasteiger partial charge on any atom is 0.469 e. The van der Waals surface area contributed by atoms with Crippen LogP contribution in [0.1, 0.15) is 0 Å². The number of phosphoric acid groups is 1. The van der Waals surface area contributed by atoms with Gasteiger partial charge in [-0.15, -0.1) is 24.4 Å². The summed E-state index contributed by atoms with van der Waals surface area (Å²) in [6.45, 7) is -0.412. The van der Waals surface area contributed by atoms with E-state index < -0.39 is 42.8 Å². The van der Waals surface area contributed by atoms with Crippen LogP contribution in [0.15, 0.2) is 12.3 Å². The highest BCUT2D eigenvalue weighted by Gasteiger charge is 2.46. The molecule has 2 rings (SSSR count). The van der Waals surface area contributed by atoms with Gasteiger partial charge >= 0.3 is 7.82 Å². The summed E-state index contributed by atoms with van der Waals surface area (Å²) in [7, 11) is -4.64. The van der Waals surface area contributed by atoms with Crippen LogP contribution in [0, 0.1) is 0 Å². The third-order valence-electron chi connectivity index (χ3n) is 2.99. The normalized spacial score (nSPS) is 36.9. The standard InChI is InChI=1S/C9H15N2O7PS2/c12-5-1-2-11(9(20)10-5)8-7(14)6(13)4(21-8)3-18-19(15,16)17/h1-2,4,6-9,13-14,20H,3H2,(H,10,12)(H2,15,16,17)/t4-,6-,7-,8-,9?/m1/s1. The van der Waals surface area contributed by atoms with Crippen LogP contribution in [-0.4, -0.2) is 65.7 Å². The van der Waals surface area contributed by atoms with Crippen LogP contribution < -0.4 is 5.32 Å². The van der Waals surface area contributed by atoms with Crippen LogP contribution in [-0.2, 0) is 13.9 Å². The molecule has 1 amide bonds. The van der Waals surface area contributed by atoms with E-state index >= 15 is 0 Å². The molecular formula is C9H15N2O7PS2. The first kappa shape index (κ1) is 17.1. The number of thiol groups is 1. The summed E-state index contributed by atoms with van der Waals surface area (Å²) in [4.78, 5) is 30.0. The van der Waals surface area contributed by atoms with Gasteiger partial charge in [0.15, 0.2) is 0 Å². The second-order valence-corrected chi connectivity index (χ2v) is 7.57. The smallest absolute Gasteiger partial charge is 0.389 e. The van der Waals surface area contributed by atoms with Crippen molar-refractivity contribution in [2.75, 3.05) is 6.61 Å². The lowest BCUT2D eigenvalue weighted by Crippen LogP contribution is -2.51. The number of rotatable bonds is 4. The number of carbonyl (C=O) groups is 1. The second-order valence-electron chi connectivity index (χ2n) is 4.48. The third kappa shape index (κ3) is 4.14. The van der Waals surface area contributed by atoms with Crippen LogP contribution >= 0.6 is 32.2 Å². The topological polar surface area (TPSA) is 140 Å². The summed E-state index contributed by atoms with van der Waals surface area (Å²) in [5.41, 5.74) is -0.677. The minimum absolute atomic E-state index is 0.328. The fourth-order valence-corrected chi connectivity index (χ4v) is 4.37. The number of hydrogen-bond donors (Lipinski definition) is 6. The van der Waals surface area contributed by atoms with Crippen LogP contribution in [0.4, 0.5) is 0 Å². The van der Waals surface area contributed by atoms with Gasteiger partial charge < -0.3 is 30.2 Å². The fraction of sp³-hybridized carbons (Fsp3) is 0.667. The van der Waals surface area contributed by atoms with Gasteiger partial charge in [0, 0.05) is 12.3 Å². The molecule has 0 aliphatic carbocycles. The van der Waals surface area contributed by atoms with Gasteiger partial charge in [-0.3, -0.25) is 9.32 Å². The Kier molecular flexibility index (Phi) is 5.27. The largest absolute Gasteiger partial charge is 0.469 e. The number of nitrogens with one attached hydrogen (secondary N) is 1. The average molecular weight is 358 g/mol. The first-order valence-electron chi connectivity index (χ1n) is 5.85. The highest BCUT2D eigenvalue weighted by molar-refractivity contribution is 8.00. The van der Waals surface area contributed by atoms with Gasteiger partial charge in [0.1, 0.15) is 17.0 Å². The first-order chi connectivity index (χ1) is 9.69. The van der Waals surface area contributed by atoms with Gasteiger partial charge in [-0.25, -0.2) is 4.57 Å². The molecule has 1 fully saturated rings. The maximum atomic E-state index is 11.2. The molecule has 1 unspecified atom stereocenters. The lowest BCUT2D eigenvalue weighted by atomic mass is 10.1. The van der Waals surface area contributed by atoms with E-state index in [2.05, 4.69) is 22.5 Å². The Bertz CT molecular complexity index is 487. The molecule has 2 heterocycles. The van der Waals surface area contributed by atoms with E-state index in [9.17, 15) is 19.6 Å². The van der Waals surface area contributed by atoms with Crippen molar-refractivity contribution in [3.05, 3.63) is 12.3 Å². The van der Waals surface area contributed by atoms with E-state index in [0.29, 0.717) is 0 Å². The number of thioether (sulfide) groups is 1. The molecule has 0 radical (unpaired) electrons. The molecule has 0 spiro atoms. The van der Waals surface area contributed by atoms with E-state index in [-0.39, 0.29) is 5.91 Å². The summed E-state index contributed by atoms with van der Waals surface area (Å²) < 4.78 is 15.0. The molecule has 2 aliphatic heterocycles. The van der Waals surface area contributed by atoms with Crippen molar-refractivity contribution in [1.29, 1.82) is 0 Å². The van der Waals surface area contributed by atoms with Crippen molar-refractivity contribution < 1.29 is 33.9 Å². The summed E-state index contributed by atoms with van der Waals surface area (Å²) in [6, 6.07) is 0. The van der Waals surface area contributed by atoms with Crippen molar-refractivity contribution in [2.45, 2.75) is 28.3 Å². The Hall–Kier alpha value is -0.260. The summed E-state index contributed by atoms with van der Waals surface area (Å²) >= 11 is 5.25. The van der Waals surface area contributed by atoms with Crippen LogP contribution in [0.5, 0.6) is 0 Å². The molecule has 0 aromatic rings. The molecule has 0 saturated carbocycles. The van der Waals surface area contributed by atoms with Gasteiger partial charge in [-0.05, 0) is 0 Å². The molecule has 0 aromatic carbocycles. The number of carbonyl (C=O) groups excluding carboxylic acids is 1. The minimum atomic E-state index is -4.64. The second kappa shape index (κ2) is 6.47. The Balaban J connectivity index is 2.04. The lowest BCUT2D eigenvalue weighted by molar-refractivity contribution is -0.118. The predicted molar refractivity (Wildman–Crippen MR) is 77.1 cm³/mol. The van der Waals surface area contributed by atoms with Gasteiger partial charge in [-0.2, -0.15) is 0 Å². The van der Waals surface area contributed by atoms with Crippen LogP contribution in [0.2, 0.25) is 0 Å². The van der Waals surface area contributed by atoms with Gasteiger partial charge in [-0.1, -0.05) is 0 Å². The van der Waals surface area contributed by atoms with Crippen molar-refractivity contribution in [1.82, 2.24) is 10.2 Å². The zero-order valence-corrected chi connectivity index (χ0v) is 13.1. The number of amides is 1. The van der Waals surface area contributed by atoms with E-state index in [1.165, 1.54) is 17.2 Å². The number of aliphatic hydroxyl groups excluding tert-OH is 2. The molecule has 9 nitrogen and oxygen atoms in total. The number of aliphatic hydroxyl groups is 2. The Morgan fingerprint density at radius 3 is 2.67 bits per heavy atom. The van der Waals surface area contributed by atoms with Crippen molar-refractivity contribution in [2.24, 2.45) is 0 Å². The van der Waals surface area contributed by atoms with E-state index in [1.54, 1.807) is 0 Å². The lowest BCUT2D eigenvalue weighted by Gasteiger charge is -2.36. The van der Waals surface area contributed by atoms with Crippen molar-refractivity contribution >= 4 is 38.1 Å². The van der Waals surface area contributed by atoms with Crippen LogP contribution in [0.25, 0.3) is 0 Å². The molecule has 5 atom stereocenters. The van der Waals surface area contributed by atoms with Gasteiger partial charge in [0.25, 0.3) is 0 Å². The SMILES string of the molecule is O=C1C=CN([C@@H]2S[C@H](COP(=O)(O)O)[C@@H](O)[C@H]2O)C(S)N1. The number of hydrogen-bond acceptors (Lipinski definition) is 8. The Morgan fingerprint density at radius 2 is 2.10 bits per heavy atom. The molecule has 12 heteroatoms. The monoisotopic (exact) mass is 358 g/mol. The molecule has 0 bridgehead atoms. The molecule has 2 aliphatic rings. The quantitative estimate of drug-likeness (QED) is 0.259. The van der Waals surface area contributed by atoms with Crippen molar-refractivity contribution in [3.63, 3.8) is 0 Å². The molecule has 5 N–H and O–H groups in total. The van der Waals surface area contributed by atoms with Crippen molar-refractivity contribution in [3.8, 4) is 0 Å². The predicted octanol–water partition coefficient (Wildman–Crippen LogP) is -1.58.